The molecule has 2 aromatic heterocycles. The lowest BCUT2D eigenvalue weighted by Gasteiger charge is -2.12. The topological polar surface area (TPSA) is 30.7 Å². The van der Waals surface area contributed by atoms with Crippen molar-refractivity contribution in [2.24, 2.45) is 0 Å². The van der Waals surface area contributed by atoms with Crippen LogP contribution in [0.1, 0.15) is 50.7 Å². The summed E-state index contributed by atoms with van der Waals surface area (Å²) in [6.07, 6.45) is 1.93. The van der Waals surface area contributed by atoms with Gasteiger partial charge in [-0.3, -0.25) is 4.98 Å². The van der Waals surface area contributed by atoms with Gasteiger partial charge in [-0.05, 0) is 70.1 Å². The molecule has 0 amide bonds. The fraction of sp³-hybridized carbons (Fsp3) is 0.150. The zero-order chi connectivity index (χ0) is 29.2. The van der Waals surface area contributed by atoms with Crippen LogP contribution in [0.25, 0.3) is 71.3 Å². The van der Waals surface area contributed by atoms with Crippen molar-refractivity contribution in [2.75, 3.05) is 0 Å². The molecule has 3 nitrogen and oxygen atoms in total. The van der Waals surface area contributed by atoms with E-state index in [1.807, 2.05) is 6.20 Å². The van der Waals surface area contributed by atoms with E-state index in [0.29, 0.717) is 11.8 Å². The summed E-state index contributed by atoms with van der Waals surface area (Å²) < 4.78 is 2.40. The molecular formula is C40H33N3. The summed E-state index contributed by atoms with van der Waals surface area (Å²) in [6.45, 7) is 9.06. The first-order chi connectivity index (χ1) is 21.0. The minimum absolute atomic E-state index is 0.471. The molecular weight excluding hydrogens is 522 g/mol. The summed E-state index contributed by atoms with van der Waals surface area (Å²) in [7, 11) is 0. The van der Waals surface area contributed by atoms with Gasteiger partial charge in [0.05, 0.1) is 34.0 Å². The van der Waals surface area contributed by atoms with Crippen molar-refractivity contribution in [1.82, 2.24) is 14.5 Å². The summed E-state index contributed by atoms with van der Waals surface area (Å²) in [5, 5.41) is 7.29. The van der Waals surface area contributed by atoms with Crippen molar-refractivity contribution in [2.45, 2.75) is 39.5 Å². The summed E-state index contributed by atoms with van der Waals surface area (Å²) >= 11 is 0. The van der Waals surface area contributed by atoms with Gasteiger partial charge in [0, 0.05) is 32.8 Å². The molecule has 0 N–H and O–H groups in total. The average molecular weight is 556 g/mol. The molecule has 0 saturated heterocycles. The van der Waals surface area contributed by atoms with E-state index in [0.717, 1.165) is 38.8 Å². The predicted octanol–water partition coefficient (Wildman–Crippen LogP) is 10.9. The van der Waals surface area contributed by atoms with Gasteiger partial charge in [0.1, 0.15) is 0 Å². The first kappa shape index (κ1) is 25.7. The second kappa shape index (κ2) is 9.78. The van der Waals surface area contributed by atoms with E-state index in [4.69, 9.17) is 9.97 Å². The molecule has 208 valence electrons. The Morgan fingerprint density at radius 1 is 0.512 bits per heavy atom. The molecule has 0 saturated carbocycles. The quantitative estimate of drug-likeness (QED) is 0.202. The third kappa shape index (κ3) is 4.03. The number of nitrogens with zero attached hydrogens (tertiary/aromatic N) is 3. The van der Waals surface area contributed by atoms with Crippen molar-refractivity contribution in [1.29, 1.82) is 0 Å². The number of hydrogen-bond acceptors (Lipinski definition) is 2. The molecule has 8 aromatic rings. The molecule has 0 atom stereocenters. The van der Waals surface area contributed by atoms with E-state index < -0.39 is 0 Å². The smallest absolute Gasteiger partial charge is 0.0979 e. The molecule has 0 aliphatic rings. The highest BCUT2D eigenvalue weighted by Crippen LogP contribution is 2.37. The number of fused-ring (bicyclic) bond motifs is 9. The van der Waals surface area contributed by atoms with Gasteiger partial charge in [0.2, 0.25) is 0 Å². The number of hydrogen-bond donors (Lipinski definition) is 0. The third-order valence-corrected chi connectivity index (χ3v) is 8.97. The van der Waals surface area contributed by atoms with E-state index in [9.17, 15) is 0 Å². The van der Waals surface area contributed by atoms with Crippen molar-refractivity contribution < 1.29 is 0 Å². The van der Waals surface area contributed by atoms with Crippen LogP contribution in [0, 0.1) is 0 Å². The standard InChI is InChI=1S/C40H33N3/c1-24(2)26-16-18-37-34(21-26)35-22-27(25(3)4)17-19-38(35)43(37)29-11-9-10-28(20-29)36-23-41-39-32-14-7-5-12-30(32)31-13-6-8-15-33(31)40(39)42-36/h5-25H,1-4H3. The molecule has 8 rings (SSSR count). The normalized spacial score (nSPS) is 12.1. The fourth-order valence-corrected chi connectivity index (χ4v) is 6.62. The van der Waals surface area contributed by atoms with Crippen LogP contribution in [0.15, 0.2) is 115 Å². The summed E-state index contributed by atoms with van der Waals surface area (Å²) in [6, 6.07) is 39.7. The summed E-state index contributed by atoms with van der Waals surface area (Å²) in [5.41, 5.74) is 10.1. The Labute approximate surface area is 251 Å². The fourth-order valence-electron chi connectivity index (χ4n) is 6.62. The molecule has 0 aliphatic heterocycles. The van der Waals surface area contributed by atoms with Gasteiger partial charge in [0.25, 0.3) is 0 Å². The van der Waals surface area contributed by atoms with Crippen molar-refractivity contribution >= 4 is 54.4 Å². The minimum atomic E-state index is 0.471. The maximum atomic E-state index is 5.26. The van der Waals surface area contributed by atoms with Crippen LogP contribution >= 0.6 is 0 Å². The highest BCUT2D eigenvalue weighted by molar-refractivity contribution is 6.23. The Morgan fingerprint density at radius 2 is 1.07 bits per heavy atom. The van der Waals surface area contributed by atoms with E-state index in [2.05, 4.69) is 141 Å². The minimum Gasteiger partial charge on any atom is -0.309 e. The summed E-state index contributed by atoms with van der Waals surface area (Å²) in [5.74, 6) is 0.943. The Balaban J connectivity index is 1.35. The van der Waals surface area contributed by atoms with Crippen LogP contribution in [-0.2, 0) is 0 Å². The van der Waals surface area contributed by atoms with E-state index in [1.165, 1.54) is 43.7 Å². The van der Waals surface area contributed by atoms with Crippen molar-refractivity contribution in [3.8, 4) is 16.9 Å². The van der Waals surface area contributed by atoms with Gasteiger partial charge in [-0.15, -0.1) is 0 Å². The maximum Gasteiger partial charge on any atom is 0.0979 e. The lowest BCUT2D eigenvalue weighted by atomic mass is 9.98. The van der Waals surface area contributed by atoms with E-state index in [-0.39, 0.29) is 0 Å². The van der Waals surface area contributed by atoms with Crippen LogP contribution in [0.4, 0.5) is 0 Å². The Morgan fingerprint density at radius 3 is 1.65 bits per heavy atom. The lowest BCUT2D eigenvalue weighted by molar-refractivity contribution is 0.868. The molecule has 0 bridgehead atoms. The zero-order valence-electron chi connectivity index (χ0n) is 25.0. The largest absolute Gasteiger partial charge is 0.309 e. The third-order valence-electron chi connectivity index (χ3n) is 8.97. The first-order valence-corrected chi connectivity index (χ1v) is 15.2. The second-order valence-electron chi connectivity index (χ2n) is 12.3. The molecule has 43 heavy (non-hydrogen) atoms. The predicted molar refractivity (Wildman–Crippen MR) is 183 cm³/mol. The number of rotatable bonds is 4. The van der Waals surface area contributed by atoms with Gasteiger partial charge in [-0.2, -0.15) is 0 Å². The highest BCUT2D eigenvalue weighted by atomic mass is 15.0. The van der Waals surface area contributed by atoms with E-state index >= 15 is 0 Å². The van der Waals surface area contributed by atoms with Crippen molar-refractivity contribution in [3.63, 3.8) is 0 Å². The molecule has 2 heterocycles. The van der Waals surface area contributed by atoms with Crippen LogP contribution in [-0.4, -0.2) is 14.5 Å². The average Bonchev–Trinajstić information content (AvgIpc) is 3.37. The maximum absolute atomic E-state index is 5.26. The van der Waals surface area contributed by atoms with Gasteiger partial charge >= 0.3 is 0 Å². The molecule has 0 aliphatic carbocycles. The SMILES string of the molecule is CC(C)c1ccc2c(c1)c1cc(C(C)C)ccc1n2-c1cccc(-c2cnc3c4ccccc4c4ccccc4c3n2)c1. The molecule has 0 unspecified atom stereocenters. The van der Waals surface area contributed by atoms with E-state index in [1.54, 1.807) is 0 Å². The molecule has 0 spiro atoms. The first-order valence-electron chi connectivity index (χ1n) is 15.2. The number of benzene rings is 6. The van der Waals surface area contributed by atoms with Gasteiger partial charge in [-0.25, -0.2) is 4.98 Å². The molecule has 0 fully saturated rings. The van der Waals surface area contributed by atoms with Crippen LogP contribution in [0.5, 0.6) is 0 Å². The molecule has 3 heteroatoms. The monoisotopic (exact) mass is 555 g/mol. The summed E-state index contributed by atoms with van der Waals surface area (Å²) in [4.78, 5) is 10.3. The highest BCUT2D eigenvalue weighted by Gasteiger charge is 2.17. The molecule has 0 radical (unpaired) electrons. The molecule has 6 aromatic carbocycles. The van der Waals surface area contributed by atoms with Gasteiger partial charge in [-0.1, -0.05) is 100 Å². The Bertz CT molecular complexity index is 2260. The number of aromatic nitrogens is 3. The van der Waals surface area contributed by atoms with Crippen LogP contribution < -0.4 is 0 Å². The van der Waals surface area contributed by atoms with Crippen LogP contribution in [0.3, 0.4) is 0 Å². The Kier molecular flexibility index (Phi) is 5.84. The van der Waals surface area contributed by atoms with Gasteiger partial charge < -0.3 is 4.57 Å². The van der Waals surface area contributed by atoms with Crippen molar-refractivity contribution in [3.05, 3.63) is 127 Å². The Hall–Kier alpha value is -5.02. The lowest BCUT2D eigenvalue weighted by Crippen LogP contribution is -1.96. The van der Waals surface area contributed by atoms with Gasteiger partial charge in [0.15, 0.2) is 0 Å². The van der Waals surface area contributed by atoms with Crippen LogP contribution in [0.2, 0.25) is 0 Å². The second-order valence-corrected chi connectivity index (χ2v) is 12.3. The zero-order valence-corrected chi connectivity index (χ0v) is 25.0.